The Kier molecular flexibility index (Phi) is 3.28. The zero-order valence-electron chi connectivity index (χ0n) is 10.5. The highest BCUT2D eigenvalue weighted by atomic mass is 32.2. The molecular formula is C14H10FN3OS. The molecule has 0 fully saturated rings. The van der Waals surface area contributed by atoms with Crippen LogP contribution in [-0.2, 0) is 6.54 Å². The Hall–Kier alpha value is -2.13. The van der Waals surface area contributed by atoms with Gasteiger partial charge in [-0.1, -0.05) is 11.8 Å². The van der Waals surface area contributed by atoms with E-state index in [4.69, 9.17) is 0 Å². The minimum Gasteiger partial charge on any atom is -0.286 e. The molecule has 0 saturated carbocycles. The van der Waals surface area contributed by atoms with Crippen LogP contribution in [0.2, 0.25) is 0 Å². The van der Waals surface area contributed by atoms with Gasteiger partial charge in [-0.15, -0.1) is 0 Å². The minimum absolute atomic E-state index is 0.0165. The topological polar surface area (TPSA) is 58.7 Å². The second-order valence-electron chi connectivity index (χ2n) is 4.40. The van der Waals surface area contributed by atoms with E-state index in [1.54, 1.807) is 4.57 Å². The Morgan fingerprint density at radius 1 is 1.35 bits per heavy atom. The maximum atomic E-state index is 13.0. The fourth-order valence-corrected chi connectivity index (χ4v) is 3.09. The normalized spacial score (nSPS) is 13.6. The van der Waals surface area contributed by atoms with Gasteiger partial charge in [0.1, 0.15) is 17.4 Å². The molecule has 1 aromatic heterocycles. The SMILES string of the molecule is N#Cc1c(-c2ccc(F)cc2)nc2n(c1=O)CCCS2. The van der Waals surface area contributed by atoms with Gasteiger partial charge in [-0.05, 0) is 30.7 Å². The Bertz CT molecular complexity index is 762. The van der Waals surface area contributed by atoms with Gasteiger partial charge in [0.05, 0.1) is 5.69 Å². The van der Waals surface area contributed by atoms with Crippen LogP contribution < -0.4 is 5.56 Å². The Labute approximate surface area is 118 Å². The van der Waals surface area contributed by atoms with Crippen molar-refractivity contribution < 1.29 is 4.39 Å². The van der Waals surface area contributed by atoms with E-state index in [0.717, 1.165) is 12.2 Å². The van der Waals surface area contributed by atoms with E-state index in [1.807, 2.05) is 6.07 Å². The van der Waals surface area contributed by atoms with Crippen LogP contribution in [0.15, 0.2) is 34.2 Å². The molecule has 1 aromatic carbocycles. The van der Waals surface area contributed by atoms with Gasteiger partial charge in [0, 0.05) is 17.9 Å². The summed E-state index contributed by atoms with van der Waals surface area (Å²) in [6, 6.07) is 7.58. The number of rotatable bonds is 1. The average molecular weight is 287 g/mol. The summed E-state index contributed by atoms with van der Waals surface area (Å²) in [5, 5.41) is 9.86. The fourth-order valence-electron chi connectivity index (χ4n) is 2.15. The zero-order valence-corrected chi connectivity index (χ0v) is 11.3. The largest absolute Gasteiger partial charge is 0.286 e. The first kappa shape index (κ1) is 12.9. The third-order valence-corrected chi connectivity index (χ3v) is 4.18. The molecular weight excluding hydrogens is 277 g/mol. The molecule has 2 heterocycles. The standard InChI is InChI=1S/C14H10FN3OS/c15-10-4-2-9(3-5-10)12-11(8-16)13(19)18-6-1-7-20-14(18)17-12/h2-5H,1,6-7H2. The second kappa shape index (κ2) is 5.10. The fraction of sp³-hybridized carbons (Fsp3) is 0.214. The molecule has 0 saturated heterocycles. The summed E-state index contributed by atoms with van der Waals surface area (Å²) < 4.78 is 14.5. The predicted molar refractivity (Wildman–Crippen MR) is 73.9 cm³/mol. The lowest BCUT2D eigenvalue weighted by atomic mass is 10.1. The molecule has 1 aliphatic rings. The van der Waals surface area contributed by atoms with Crippen molar-refractivity contribution in [2.75, 3.05) is 5.75 Å². The summed E-state index contributed by atoms with van der Waals surface area (Å²) in [7, 11) is 0. The summed E-state index contributed by atoms with van der Waals surface area (Å²) in [6.07, 6.45) is 0.889. The van der Waals surface area contributed by atoms with E-state index in [0.29, 0.717) is 23.0 Å². The Morgan fingerprint density at radius 2 is 2.10 bits per heavy atom. The number of hydrogen-bond acceptors (Lipinski definition) is 4. The van der Waals surface area contributed by atoms with Crippen LogP contribution in [0.1, 0.15) is 12.0 Å². The lowest BCUT2D eigenvalue weighted by Crippen LogP contribution is -2.28. The Balaban J connectivity index is 2.25. The third-order valence-electron chi connectivity index (χ3n) is 3.12. The van der Waals surface area contributed by atoms with Gasteiger partial charge in [-0.2, -0.15) is 5.26 Å². The minimum atomic E-state index is -0.365. The van der Waals surface area contributed by atoms with Crippen molar-refractivity contribution >= 4 is 11.8 Å². The van der Waals surface area contributed by atoms with Crippen LogP contribution in [0.5, 0.6) is 0 Å². The highest BCUT2D eigenvalue weighted by Gasteiger charge is 2.20. The summed E-state index contributed by atoms with van der Waals surface area (Å²) in [5.74, 6) is 0.539. The van der Waals surface area contributed by atoms with Gasteiger partial charge in [0.15, 0.2) is 5.16 Å². The molecule has 1 aliphatic heterocycles. The molecule has 20 heavy (non-hydrogen) atoms. The quantitative estimate of drug-likeness (QED) is 0.756. The maximum Gasteiger partial charge on any atom is 0.272 e. The first-order chi connectivity index (χ1) is 9.70. The highest BCUT2D eigenvalue weighted by Crippen LogP contribution is 2.26. The molecule has 3 rings (SSSR count). The second-order valence-corrected chi connectivity index (χ2v) is 5.46. The van der Waals surface area contributed by atoms with Crippen LogP contribution in [0.3, 0.4) is 0 Å². The van der Waals surface area contributed by atoms with Crippen LogP contribution in [-0.4, -0.2) is 15.3 Å². The Morgan fingerprint density at radius 3 is 2.80 bits per heavy atom. The van der Waals surface area contributed by atoms with Crippen molar-refractivity contribution in [3.05, 3.63) is 46.0 Å². The number of fused-ring (bicyclic) bond motifs is 1. The molecule has 6 heteroatoms. The van der Waals surface area contributed by atoms with Gasteiger partial charge in [-0.25, -0.2) is 9.37 Å². The number of thioether (sulfide) groups is 1. The van der Waals surface area contributed by atoms with E-state index >= 15 is 0 Å². The summed E-state index contributed by atoms with van der Waals surface area (Å²) in [6.45, 7) is 0.590. The van der Waals surface area contributed by atoms with Crippen LogP contribution in [0.4, 0.5) is 4.39 Å². The molecule has 4 nitrogen and oxygen atoms in total. The average Bonchev–Trinajstić information content (AvgIpc) is 2.48. The number of aromatic nitrogens is 2. The van der Waals surface area contributed by atoms with Crippen molar-refractivity contribution in [1.82, 2.24) is 9.55 Å². The van der Waals surface area contributed by atoms with Gasteiger partial charge >= 0.3 is 0 Å². The molecule has 0 atom stereocenters. The number of nitrogens with zero attached hydrogens (tertiary/aromatic N) is 3. The van der Waals surface area contributed by atoms with E-state index in [2.05, 4.69) is 4.98 Å². The molecule has 0 spiro atoms. The van der Waals surface area contributed by atoms with Crippen LogP contribution in [0, 0.1) is 17.1 Å². The van der Waals surface area contributed by atoms with Crippen molar-refractivity contribution in [1.29, 1.82) is 5.26 Å². The van der Waals surface area contributed by atoms with Gasteiger partial charge in [0.2, 0.25) is 0 Å². The number of halogens is 1. The van der Waals surface area contributed by atoms with Gasteiger partial charge in [0.25, 0.3) is 5.56 Å². The molecule has 0 radical (unpaired) electrons. The van der Waals surface area contributed by atoms with Crippen molar-refractivity contribution in [2.45, 2.75) is 18.1 Å². The van der Waals surface area contributed by atoms with Crippen molar-refractivity contribution in [3.8, 4) is 17.3 Å². The molecule has 0 unspecified atom stereocenters. The zero-order chi connectivity index (χ0) is 14.1. The first-order valence-corrected chi connectivity index (χ1v) is 7.13. The molecule has 0 N–H and O–H groups in total. The van der Waals surface area contributed by atoms with Gasteiger partial charge in [-0.3, -0.25) is 9.36 Å². The number of nitriles is 1. The maximum absolute atomic E-state index is 13.0. The van der Waals surface area contributed by atoms with Crippen LogP contribution in [0.25, 0.3) is 11.3 Å². The lowest BCUT2D eigenvalue weighted by molar-refractivity contribution is 0.562. The van der Waals surface area contributed by atoms with E-state index in [-0.39, 0.29) is 16.9 Å². The number of hydrogen-bond donors (Lipinski definition) is 0. The monoisotopic (exact) mass is 287 g/mol. The molecule has 100 valence electrons. The highest BCUT2D eigenvalue weighted by molar-refractivity contribution is 7.99. The van der Waals surface area contributed by atoms with E-state index in [9.17, 15) is 14.4 Å². The van der Waals surface area contributed by atoms with Crippen LogP contribution >= 0.6 is 11.8 Å². The number of benzene rings is 1. The summed E-state index contributed by atoms with van der Waals surface area (Å²) in [5.41, 5.74) is 0.611. The smallest absolute Gasteiger partial charge is 0.272 e. The predicted octanol–water partition coefficient (Wildman–Crippen LogP) is 2.42. The van der Waals surface area contributed by atoms with E-state index in [1.165, 1.54) is 36.0 Å². The summed E-state index contributed by atoms with van der Waals surface area (Å²) in [4.78, 5) is 16.7. The first-order valence-electron chi connectivity index (χ1n) is 6.14. The molecule has 0 aliphatic carbocycles. The molecule has 0 bridgehead atoms. The molecule has 0 amide bonds. The summed E-state index contributed by atoms with van der Waals surface area (Å²) >= 11 is 1.50. The van der Waals surface area contributed by atoms with Crippen molar-refractivity contribution in [3.63, 3.8) is 0 Å². The molecule has 2 aromatic rings. The van der Waals surface area contributed by atoms with Crippen molar-refractivity contribution in [2.24, 2.45) is 0 Å². The lowest BCUT2D eigenvalue weighted by Gasteiger charge is -2.18. The van der Waals surface area contributed by atoms with Gasteiger partial charge < -0.3 is 0 Å². The third kappa shape index (κ3) is 2.10. The van der Waals surface area contributed by atoms with E-state index < -0.39 is 0 Å².